The van der Waals surface area contributed by atoms with E-state index in [2.05, 4.69) is 10.3 Å². The maximum Gasteiger partial charge on any atom is 0.227 e. The molecule has 0 aliphatic heterocycles. The normalized spacial score (nSPS) is 18.2. The smallest absolute Gasteiger partial charge is 0.227 e. The van der Waals surface area contributed by atoms with Crippen LogP contribution < -0.4 is 11.1 Å². The van der Waals surface area contributed by atoms with Gasteiger partial charge in [-0.15, -0.1) is 11.3 Å². The predicted molar refractivity (Wildman–Crippen MR) is 68.7 cm³/mol. The third-order valence-electron chi connectivity index (χ3n) is 3.50. The van der Waals surface area contributed by atoms with Gasteiger partial charge in [-0.3, -0.25) is 4.79 Å². The van der Waals surface area contributed by atoms with Crippen LogP contribution >= 0.6 is 11.3 Å². The molecule has 94 valence electrons. The number of carbonyl (C=O) groups excluding carboxylic acids is 1. The highest BCUT2D eigenvalue weighted by Gasteiger charge is 2.39. The van der Waals surface area contributed by atoms with E-state index in [1.165, 1.54) is 4.88 Å². The summed E-state index contributed by atoms with van der Waals surface area (Å²) >= 11 is 1.62. The number of hydrogen-bond donors (Lipinski definition) is 2. The minimum absolute atomic E-state index is 0.102. The number of rotatable bonds is 4. The zero-order chi connectivity index (χ0) is 12.3. The largest absolute Gasteiger partial charge is 0.349 e. The molecule has 0 aromatic carbocycles. The van der Waals surface area contributed by atoms with Crippen molar-refractivity contribution in [1.82, 2.24) is 10.3 Å². The summed E-state index contributed by atoms with van der Waals surface area (Å²) in [7, 11) is 0. The molecule has 1 aliphatic rings. The first-order valence-corrected chi connectivity index (χ1v) is 6.88. The fourth-order valence-corrected chi connectivity index (χ4v) is 3.13. The average molecular weight is 253 g/mol. The first kappa shape index (κ1) is 12.5. The van der Waals surface area contributed by atoms with Crippen molar-refractivity contribution in [3.8, 4) is 0 Å². The van der Waals surface area contributed by atoms with Crippen molar-refractivity contribution in [2.24, 2.45) is 11.1 Å². The number of nitrogens with zero attached hydrogens (tertiary/aromatic N) is 1. The molecule has 0 bridgehead atoms. The number of carbonyl (C=O) groups is 1. The SMILES string of the molecule is Cc1cnc(CNC(=O)C2(CN)CCCC2)s1. The number of nitrogens with one attached hydrogen (secondary N) is 1. The second-order valence-corrected chi connectivity index (χ2v) is 6.06. The lowest BCUT2D eigenvalue weighted by Gasteiger charge is -2.25. The molecule has 1 aromatic rings. The summed E-state index contributed by atoms with van der Waals surface area (Å²) in [5, 5.41) is 3.93. The van der Waals surface area contributed by atoms with Crippen LogP contribution in [0.4, 0.5) is 0 Å². The average Bonchev–Trinajstić information content (AvgIpc) is 2.95. The predicted octanol–water partition coefficient (Wildman–Crippen LogP) is 1.59. The maximum absolute atomic E-state index is 12.2. The quantitative estimate of drug-likeness (QED) is 0.856. The van der Waals surface area contributed by atoms with Crippen LogP contribution in [-0.4, -0.2) is 17.4 Å². The molecular formula is C12H19N3OS. The molecule has 1 aliphatic carbocycles. The Kier molecular flexibility index (Phi) is 3.79. The van der Waals surface area contributed by atoms with Gasteiger partial charge in [0, 0.05) is 17.6 Å². The molecule has 1 aromatic heterocycles. The van der Waals surface area contributed by atoms with Gasteiger partial charge in [0.15, 0.2) is 0 Å². The molecular weight excluding hydrogens is 234 g/mol. The van der Waals surface area contributed by atoms with Crippen LogP contribution in [0, 0.1) is 12.3 Å². The van der Waals surface area contributed by atoms with E-state index >= 15 is 0 Å². The first-order chi connectivity index (χ1) is 8.16. The van der Waals surface area contributed by atoms with E-state index in [0.717, 1.165) is 30.7 Å². The molecule has 3 N–H and O–H groups in total. The zero-order valence-corrected chi connectivity index (χ0v) is 11.0. The third-order valence-corrected chi connectivity index (χ3v) is 4.42. The standard InChI is InChI=1S/C12H19N3OS/c1-9-6-14-10(17-9)7-15-11(16)12(8-13)4-2-3-5-12/h6H,2-5,7-8,13H2,1H3,(H,15,16). The summed E-state index contributed by atoms with van der Waals surface area (Å²) in [6.07, 6.45) is 5.90. The van der Waals surface area contributed by atoms with Crippen molar-refractivity contribution in [1.29, 1.82) is 0 Å². The number of aromatic nitrogens is 1. The first-order valence-electron chi connectivity index (χ1n) is 6.06. The van der Waals surface area contributed by atoms with Crippen LogP contribution in [-0.2, 0) is 11.3 Å². The molecule has 0 saturated heterocycles. The Balaban J connectivity index is 1.92. The zero-order valence-electron chi connectivity index (χ0n) is 10.2. The van der Waals surface area contributed by atoms with Crippen molar-refractivity contribution in [3.63, 3.8) is 0 Å². The van der Waals surface area contributed by atoms with Crippen LogP contribution in [0.3, 0.4) is 0 Å². The molecule has 1 fully saturated rings. The van der Waals surface area contributed by atoms with Gasteiger partial charge in [0.1, 0.15) is 5.01 Å². The van der Waals surface area contributed by atoms with E-state index in [0.29, 0.717) is 13.1 Å². The van der Waals surface area contributed by atoms with Gasteiger partial charge in [-0.05, 0) is 19.8 Å². The van der Waals surface area contributed by atoms with Crippen LogP contribution in [0.2, 0.25) is 0 Å². The number of amides is 1. The summed E-state index contributed by atoms with van der Waals surface area (Å²) in [4.78, 5) is 17.6. The van der Waals surface area contributed by atoms with E-state index in [4.69, 9.17) is 5.73 Å². The van der Waals surface area contributed by atoms with Crippen LogP contribution in [0.15, 0.2) is 6.20 Å². The number of aryl methyl sites for hydroxylation is 1. The van der Waals surface area contributed by atoms with Gasteiger partial charge in [-0.1, -0.05) is 12.8 Å². The number of nitrogens with two attached hydrogens (primary N) is 1. The monoisotopic (exact) mass is 253 g/mol. The third kappa shape index (κ3) is 2.66. The Morgan fingerprint density at radius 2 is 2.29 bits per heavy atom. The van der Waals surface area contributed by atoms with Gasteiger partial charge in [0.2, 0.25) is 5.91 Å². The van der Waals surface area contributed by atoms with Gasteiger partial charge >= 0.3 is 0 Å². The number of hydrogen-bond acceptors (Lipinski definition) is 4. The minimum Gasteiger partial charge on any atom is -0.349 e. The number of thiazole rings is 1. The summed E-state index contributed by atoms with van der Waals surface area (Å²) in [5.41, 5.74) is 5.46. The van der Waals surface area contributed by atoms with Crippen molar-refractivity contribution < 1.29 is 4.79 Å². The Labute approximate surface area is 106 Å². The molecule has 0 atom stereocenters. The van der Waals surface area contributed by atoms with Crippen LogP contribution in [0.25, 0.3) is 0 Å². The van der Waals surface area contributed by atoms with E-state index < -0.39 is 0 Å². The minimum atomic E-state index is -0.313. The van der Waals surface area contributed by atoms with Crippen molar-refractivity contribution in [3.05, 3.63) is 16.1 Å². The molecule has 1 amide bonds. The van der Waals surface area contributed by atoms with Crippen molar-refractivity contribution in [2.75, 3.05) is 6.54 Å². The lowest BCUT2D eigenvalue weighted by atomic mass is 9.85. The second-order valence-electron chi connectivity index (χ2n) is 4.74. The van der Waals surface area contributed by atoms with E-state index in [1.807, 2.05) is 13.1 Å². The highest BCUT2D eigenvalue weighted by atomic mass is 32.1. The van der Waals surface area contributed by atoms with Gasteiger partial charge < -0.3 is 11.1 Å². The second kappa shape index (κ2) is 5.14. The Bertz CT molecular complexity index is 396. The van der Waals surface area contributed by atoms with Gasteiger partial charge in [0.05, 0.1) is 12.0 Å². The van der Waals surface area contributed by atoms with E-state index in [-0.39, 0.29) is 11.3 Å². The van der Waals surface area contributed by atoms with Gasteiger partial charge in [0.25, 0.3) is 0 Å². The lowest BCUT2D eigenvalue weighted by Crippen LogP contribution is -2.43. The molecule has 1 heterocycles. The highest BCUT2D eigenvalue weighted by molar-refractivity contribution is 7.11. The Hall–Kier alpha value is -0.940. The Morgan fingerprint density at radius 3 is 2.82 bits per heavy atom. The molecule has 4 nitrogen and oxygen atoms in total. The molecule has 0 radical (unpaired) electrons. The molecule has 17 heavy (non-hydrogen) atoms. The molecule has 2 rings (SSSR count). The summed E-state index contributed by atoms with van der Waals surface area (Å²) in [6, 6.07) is 0. The molecule has 5 heteroatoms. The molecule has 0 spiro atoms. The Morgan fingerprint density at radius 1 is 1.59 bits per heavy atom. The van der Waals surface area contributed by atoms with Crippen molar-refractivity contribution in [2.45, 2.75) is 39.2 Å². The van der Waals surface area contributed by atoms with Crippen LogP contribution in [0.1, 0.15) is 35.6 Å². The maximum atomic E-state index is 12.2. The lowest BCUT2D eigenvalue weighted by molar-refractivity contribution is -0.130. The summed E-state index contributed by atoms with van der Waals surface area (Å²) < 4.78 is 0. The molecule has 0 unspecified atom stereocenters. The van der Waals surface area contributed by atoms with Crippen LogP contribution in [0.5, 0.6) is 0 Å². The van der Waals surface area contributed by atoms with E-state index in [1.54, 1.807) is 11.3 Å². The summed E-state index contributed by atoms with van der Waals surface area (Å²) in [6.45, 7) is 3.00. The summed E-state index contributed by atoms with van der Waals surface area (Å²) in [5.74, 6) is 0.102. The van der Waals surface area contributed by atoms with E-state index in [9.17, 15) is 4.79 Å². The highest BCUT2D eigenvalue weighted by Crippen LogP contribution is 2.37. The topological polar surface area (TPSA) is 68.0 Å². The van der Waals surface area contributed by atoms with Gasteiger partial charge in [-0.25, -0.2) is 4.98 Å². The molecule has 1 saturated carbocycles. The fourth-order valence-electron chi connectivity index (χ4n) is 2.40. The van der Waals surface area contributed by atoms with Crippen molar-refractivity contribution >= 4 is 17.2 Å². The fraction of sp³-hybridized carbons (Fsp3) is 0.667. The van der Waals surface area contributed by atoms with Gasteiger partial charge in [-0.2, -0.15) is 0 Å².